The van der Waals surface area contributed by atoms with Crippen LogP contribution in [-0.4, -0.2) is 15.6 Å². The molecule has 0 aliphatic carbocycles. The number of carbonyl (C=O) groups is 1. The van der Waals surface area contributed by atoms with E-state index in [1.165, 1.54) is 0 Å². The van der Waals surface area contributed by atoms with E-state index in [0.717, 1.165) is 28.6 Å². The van der Waals surface area contributed by atoms with E-state index in [1.54, 1.807) is 10.9 Å². The lowest BCUT2D eigenvalue weighted by molar-refractivity contribution is 0.103. The van der Waals surface area contributed by atoms with Crippen molar-refractivity contribution in [2.75, 3.05) is 0 Å². The lowest BCUT2D eigenvalue weighted by atomic mass is 10.0. The Balaban J connectivity index is 2.32. The first-order valence-electron chi connectivity index (χ1n) is 5.95. The predicted octanol–water partition coefficient (Wildman–Crippen LogP) is 3.60. The highest BCUT2D eigenvalue weighted by molar-refractivity contribution is 9.10. The number of hydrogen-bond donors (Lipinski definition) is 0. The van der Waals surface area contributed by atoms with Gasteiger partial charge in [-0.1, -0.05) is 28.9 Å². The maximum absolute atomic E-state index is 12.4. The average Bonchev–Trinajstić information content (AvgIpc) is 2.80. The van der Waals surface area contributed by atoms with Crippen molar-refractivity contribution in [1.29, 1.82) is 0 Å². The molecule has 0 aliphatic heterocycles. The van der Waals surface area contributed by atoms with Gasteiger partial charge in [-0.25, -0.2) is 0 Å². The molecule has 94 valence electrons. The molecule has 0 bridgehead atoms. The molecule has 1 aromatic carbocycles. The Morgan fingerprint density at radius 2 is 2.22 bits per heavy atom. The van der Waals surface area contributed by atoms with Crippen molar-refractivity contribution in [1.82, 2.24) is 9.78 Å². The fraction of sp³-hybridized carbons (Fsp3) is 0.286. The summed E-state index contributed by atoms with van der Waals surface area (Å²) >= 11 is 3.39. The van der Waals surface area contributed by atoms with Crippen molar-refractivity contribution in [3.63, 3.8) is 0 Å². The van der Waals surface area contributed by atoms with Crippen LogP contribution >= 0.6 is 15.9 Å². The highest BCUT2D eigenvalue weighted by atomic mass is 79.9. The summed E-state index contributed by atoms with van der Waals surface area (Å²) in [5.74, 6) is 0.0242. The second kappa shape index (κ2) is 5.48. The third-order valence-electron chi connectivity index (χ3n) is 2.79. The van der Waals surface area contributed by atoms with Gasteiger partial charge in [0.2, 0.25) is 0 Å². The molecule has 1 aromatic heterocycles. The molecule has 0 spiro atoms. The number of aryl methyl sites for hydroxylation is 2. The lowest BCUT2D eigenvalue weighted by Crippen LogP contribution is -2.03. The van der Waals surface area contributed by atoms with Gasteiger partial charge in [0, 0.05) is 22.8 Å². The van der Waals surface area contributed by atoms with Gasteiger partial charge in [0.15, 0.2) is 5.78 Å². The summed E-state index contributed by atoms with van der Waals surface area (Å²) in [6, 6.07) is 5.73. The van der Waals surface area contributed by atoms with Crippen molar-refractivity contribution in [2.45, 2.75) is 26.8 Å². The minimum Gasteiger partial charge on any atom is -0.288 e. The highest BCUT2D eigenvalue weighted by Crippen LogP contribution is 2.19. The van der Waals surface area contributed by atoms with Crippen LogP contribution < -0.4 is 0 Å². The smallest absolute Gasteiger partial charge is 0.196 e. The summed E-state index contributed by atoms with van der Waals surface area (Å²) in [6.07, 6.45) is 4.45. The Morgan fingerprint density at radius 3 is 2.94 bits per heavy atom. The van der Waals surface area contributed by atoms with Gasteiger partial charge in [-0.2, -0.15) is 5.10 Å². The van der Waals surface area contributed by atoms with E-state index in [9.17, 15) is 4.79 Å². The third-order valence-corrected chi connectivity index (χ3v) is 3.29. The van der Waals surface area contributed by atoms with Crippen LogP contribution in [0.5, 0.6) is 0 Å². The Morgan fingerprint density at radius 1 is 1.44 bits per heavy atom. The van der Waals surface area contributed by atoms with E-state index in [2.05, 4.69) is 28.0 Å². The van der Waals surface area contributed by atoms with Gasteiger partial charge in [0.05, 0.1) is 11.8 Å². The maximum atomic E-state index is 12.4. The quantitative estimate of drug-likeness (QED) is 0.809. The molecule has 0 saturated heterocycles. The zero-order valence-electron chi connectivity index (χ0n) is 10.5. The number of carbonyl (C=O) groups excluding carboxylic acids is 1. The molecule has 2 rings (SSSR count). The summed E-state index contributed by atoms with van der Waals surface area (Å²) in [5.41, 5.74) is 2.34. The fourth-order valence-corrected chi connectivity index (χ4v) is 2.19. The fourth-order valence-electron chi connectivity index (χ4n) is 1.83. The van der Waals surface area contributed by atoms with E-state index < -0.39 is 0 Å². The van der Waals surface area contributed by atoms with Crippen LogP contribution in [0.2, 0.25) is 0 Å². The van der Waals surface area contributed by atoms with E-state index in [-0.39, 0.29) is 5.78 Å². The minimum atomic E-state index is 0.0242. The molecule has 0 saturated carbocycles. The first kappa shape index (κ1) is 13.0. The topological polar surface area (TPSA) is 34.9 Å². The van der Waals surface area contributed by atoms with Crippen LogP contribution in [0.1, 0.15) is 34.8 Å². The number of hydrogen-bond acceptors (Lipinski definition) is 2. The number of rotatable bonds is 4. The zero-order valence-corrected chi connectivity index (χ0v) is 12.1. The number of benzene rings is 1. The monoisotopic (exact) mass is 306 g/mol. The second-order valence-electron chi connectivity index (χ2n) is 4.28. The first-order chi connectivity index (χ1) is 8.61. The molecule has 2 aromatic rings. The van der Waals surface area contributed by atoms with Gasteiger partial charge in [0.1, 0.15) is 0 Å². The van der Waals surface area contributed by atoms with Crippen LogP contribution in [0.4, 0.5) is 0 Å². The van der Waals surface area contributed by atoms with Gasteiger partial charge in [-0.3, -0.25) is 9.48 Å². The Hall–Kier alpha value is -1.42. The van der Waals surface area contributed by atoms with Crippen LogP contribution in [-0.2, 0) is 6.54 Å². The molecule has 0 fully saturated rings. The molecule has 4 heteroatoms. The van der Waals surface area contributed by atoms with Gasteiger partial charge in [0.25, 0.3) is 0 Å². The van der Waals surface area contributed by atoms with E-state index in [0.29, 0.717) is 5.56 Å². The maximum Gasteiger partial charge on any atom is 0.196 e. The molecule has 0 N–H and O–H groups in total. The molecule has 0 unspecified atom stereocenters. The number of ketones is 1. The Bertz CT molecular complexity index is 575. The van der Waals surface area contributed by atoms with Crippen molar-refractivity contribution >= 4 is 21.7 Å². The van der Waals surface area contributed by atoms with Gasteiger partial charge >= 0.3 is 0 Å². The highest BCUT2D eigenvalue weighted by Gasteiger charge is 2.14. The van der Waals surface area contributed by atoms with Crippen LogP contribution in [0.15, 0.2) is 35.1 Å². The molecule has 18 heavy (non-hydrogen) atoms. The number of halogens is 1. The van der Waals surface area contributed by atoms with Crippen LogP contribution in [0, 0.1) is 6.92 Å². The second-order valence-corrected chi connectivity index (χ2v) is 5.20. The predicted molar refractivity (Wildman–Crippen MR) is 74.8 cm³/mol. The zero-order chi connectivity index (χ0) is 13.1. The Labute approximate surface area is 115 Å². The van der Waals surface area contributed by atoms with Gasteiger partial charge in [-0.05, 0) is 31.0 Å². The van der Waals surface area contributed by atoms with E-state index in [4.69, 9.17) is 0 Å². The summed E-state index contributed by atoms with van der Waals surface area (Å²) in [6.45, 7) is 4.86. The first-order valence-corrected chi connectivity index (χ1v) is 6.74. The SMILES string of the molecule is CCCn1cc(C(=O)c2cc(Br)ccc2C)cn1. The standard InChI is InChI=1S/C14H15BrN2O/c1-3-6-17-9-11(8-16-17)14(18)13-7-12(15)5-4-10(13)2/h4-5,7-9H,3,6H2,1-2H3. The third kappa shape index (κ3) is 2.70. The van der Waals surface area contributed by atoms with E-state index in [1.807, 2.05) is 31.3 Å². The molecule has 3 nitrogen and oxygen atoms in total. The van der Waals surface area contributed by atoms with Crippen molar-refractivity contribution in [2.24, 2.45) is 0 Å². The summed E-state index contributed by atoms with van der Waals surface area (Å²) < 4.78 is 2.72. The Kier molecular flexibility index (Phi) is 3.97. The minimum absolute atomic E-state index is 0.0242. The van der Waals surface area contributed by atoms with Crippen molar-refractivity contribution in [3.8, 4) is 0 Å². The van der Waals surface area contributed by atoms with Crippen LogP contribution in [0.3, 0.4) is 0 Å². The molecule has 0 aliphatic rings. The molecule has 1 heterocycles. The van der Waals surface area contributed by atoms with Gasteiger partial charge < -0.3 is 0 Å². The molecule has 0 atom stereocenters. The molecule has 0 amide bonds. The van der Waals surface area contributed by atoms with Crippen molar-refractivity contribution < 1.29 is 4.79 Å². The number of aromatic nitrogens is 2. The lowest BCUT2D eigenvalue weighted by Gasteiger charge is -2.03. The average molecular weight is 307 g/mol. The largest absolute Gasteiger partial charge is 0.288 e. The molecular weight excluding hydrogens is 292 g/mol. The normalized spacial score (nSPS) is 10.6. The summed E-state index contributed by atoms with van der Waals surface area (Å²) in [7, 11) is 0. The van der Waals surface area contributed by atoms with Crippen molar-refractivity contribution in [3.05, 3.63) is 51.8 Å². The van der Waals surface area contributed by atoms with Gasteiger partial charge in [-0.15, -0.1) is 0 Å². The van der Waals surface area contributed by atoms with Crippen LogP contribution in [0.25, 0.3) is 0 Å². The summed E-state index contributed by atoms with van der Waals surface area (Å²) in [5, 5.41) is 4.19. The molecule has 0 radical (unpaired) electrons. The molecular formula is C14H15BrN2O. The summed E-state index contributed by atoms with van der Waals surface area (Å²) in [4.78, 5) is 12.4. The van der Waals surface area contributed by atoms with E-state index >= 15 is 0 Å². The number of nitrogens with zero attached hydrogens (tertiary/aromatic N) is 2.